The molecule has 4 rings (SSSR count). The summed E-state index contributed by atoms with van der Waals surface area (Å²) in [6, 6.07) is 11.1. The fraction of sp³-hybridized carbons (Fsp3) is 0.200. The number of fused-ring (bicyclic) bond motifs is 1. The number of nitrogens with zero attached hydrogens (tertiary/aromatic N) is 4. The van der Waals surface area contributed by atoms with Gasteiger partial charge in [-0.3, -0.25) is 0 Å². The molecule has 9 heteroatoms. The summed E-state index contributed by atoms with van der Waals surface area (Å²) in [6.45, 7) is 0.0557. The van der Waals surface area contributed by atoms with Crippen LogP contribution in [0, 0.1) is 0 Å². The van der Waals surface area contributed by atoms with E-state index in [9.17, 15) is 0 Å². The van der Waals surface area contributed by atoms with Crippen LogP contribution < -0.4 is 18.9 Å². The first-order valence-electron chi connectivity index (χ1n) is 8.69. The monoisotopic (exact) mass is 394 g/mol. The lowest BCUT2D eigenvalue weighted by Crippen LogP contribution is -1.99. The van der Waals surface area contributed by atoms with Crippen molar-refractivity contribution < 1.29 is 23.4 Å². The van der Waals surface area contributed by atoms with Gasteiger partial charge in [0.2, 0.25) is 17.5 Å². The van der Waals surface area contributed by atoms with Crippen LogP contribution in [0.1, 0.15) is 5.89 Å². The quantitative estimate of drug-likeness (QED) is 0.467. The van der Waals surface area contributed by atoms with Crippen molar-refractivity contribution in [3.63, 3.8) is 0 Å². The average Bonchev–Trinajstić information content (AvgIpc) is 3.25. The molecule has 0 bridgehead atoms. The molecule has 0 fully saturated rings. The topological polar surface area (TPSA) is 102 Å². The maximum absolute atomic E-state index is 5.74. The normalized spacial score (nSPS) is 10.7. The predicted octanol–water partition coefficient (Wildman–Crippen LogP) is 3.28. The molecule has 0 radical (unpaired) electrons. The highest BCUT2D eigenvalue weighted by atomic mass is 16.5. The van der Waals surface area contributed by atoms with Gasteiger partial charge < -0.3 is 23.4 Å². The van der Waals surface area contributed by atoms with Gasteiger partial charge in [-0.1, -0.05) is 18.2 Å². The molecule has 0 atom stereocenters. The summed E-state index contributed by atoms with van der Waals surface area (Å²) >= 11 is 0. The Morgan fingerprint density at radius 1 is 0.897 bits per heavy atom. The molecule has 2 aromatic heterocycles. The average molecular weight is 394 g/mol. The van der Waals surface area contributed by atoms with Crippen LogP contribution in [0.2, 0.25) is 0 Å². The smallest absolute Gasteiger partial charge is 0.254 e. The summed E-state index contributed by atoms with van der Waals surface area (Å²) in [7, 11) is 4.62. The van der Waals surface area contributed by atoms with E-state index in [0.29, 0.717) is 40.5 Å². The number of rotatable bonds is 7. The molecule has 148 valence electrons. The van der Waals surface area contributed by atoms with Crippen molar-refractivity contribution in [2.75, 3.05) is 21.3 Å². The van der Waals surface area contributed by atoms with Gasteiger partial charge in [0, 0.05) is 16.3 Å². The van der Waals surface area contributed by atoms with E-state index in [-0.39, 0.29) is 6.61 Å². The second-order valence-electron chi connectivity index (χ2n) is 5.94. The van der Waals surface area contributed by atoms with Crippen LogP contribution in [0.15, 0.2) is 47.0 Å². The Morgan fingerprint density at radius 3 is 2.38 bits per heavy atom. The molecule has 0 N–H and O–H groups in total. The zero-order valence-corrected chi connectivity index (χ0v) is 16.1. The molecule has 2 aromatic carbocycles. The first-order chi connectivity index (χ1) is 14.2. The van der Waals surface area contributed by atoms with Crippen molar-refractivity contribution in [3.8, 4) is 34.6 Å². The van der Waals surface area contributed by atoms with Crippen molar-refractivity contribution in [3.05, 3.63) is 48.5 Å². The number of aromatic nitrogens is 4. The van der Waals surface area contributed by atoms with E-state index in [1.807, 2.05) is 24.3 Å². The highest BCUT2D eigenvalue weighted by Crippen LogP contribution is 2.40. The van der Waals surface area contributed by atoms with Crippen LogP contribution in [0.25, 0.3) is 22.2 Å². The minimum Gasteiger partial charge on any atom is -0.493 e. The van der Waals surface area contributed by atoms with Crippen LogP contribution >= 0.6 is 0 Å². The molecule has 0 amide bonds. The Balaban J connectivity index is 1.57. The standard InChI is InChI=1S/C20H18N4O5/c1-25-15-8-13(9-16(26-2)18(15)27-3)19-24-22-17(29-19)11-28-20-14-7-5-4-6-12(14)10-21-23-20/h4-10H,11H2,1-3H3. The largest absolute Gasteiger partial charge is 0.493 e. The number of methoxy groups -OCH3 is 3. The van der Waals surface area contributed by atoms with Crippen LogP contribution in [0.4, 0.5) is 0 Å². The van der Waals surface area contributed by atoms with E-state index >= 15 is 0 Å². The predicted molar refractivity (Wildman–Crippen MR) is 103 cm³/mol. The molecule has 0 spiro atoms. The van der Waals surface area contributed by atoms with Gasteiger partial charge in [0.25, 0.3) is 5.89 Å². The van der Waals surface area contributed by atoms with Gasteiger partial charge in [-0.2, -0.15) is 5.10 Å². The zero-order chi connectivity index (χ0) is 20.2. The third-order valence-electron chi connectivity index (χ3n) is 4.25. The molecule has 0 saturated heterocycles. The Morgan fingerprint density at radius 2 is 1.66 bits per heavy atom. The molecule has 4 aromatic rings. The van der Waals surface area contributed by atoms with Crippen molar-refractivity contribution in [2.45, 2.75) is 6.61 Å². The van der Waals surface area contributed by atoms with Crippen molar-refractivity contribution in [1.82, 2.24) is 20.4 Å². The summed E-state index contributed by atoms with van der Waals surface area (Å²) in [6.07, 6.45) is 1.68. The maximum atomic E-state index is 5.74. The minimum atomic E-state index is 0.0557. The Bertz CT molecular complexity index is 1110. The Hall–Kier alpha value is -3.88. The lowest BCUT2D eigenvalue weighted by atomic mass is 10.2. The molecule has 29 heavy (non-hydrogen) atoms. The lowest BCUT2D eigenvalue weighted by Gasteiger charge is -2.12. The molecular weight excluding hydrogens is 376 g/mol. The zero-order valence-electron chi connectivity index (χ0n) is 16.1. The van der Waals surface area contributed by atoms with Gasteiger partial charge >= 0.3 is 0 Å². The molecular formula is C20H18N4O5. The van der Waals surface area contributed by atoms with Crippen molar-refractivity contribution in [1.29, 1.82) is 0 Å². The third-order valence-corrected chi connectivity index (χ3v) is 4.25. The second-order valence-corrected chi connectivity index (χ2v) is 5.94. The Kier molecular flexibility index (Phi) is 5.10. The highest BCUT2D eigenvalue weighted by molar-refractivity contribution is 5.85. The van der Waals surface area contributed by atoms with Gasteiger partial charge in [-0.25, -0.2) is 0 Å². The second kappa shape index (κ2) is 8.01. The fourth-order valence-corrected chi connectivity index (χ4v) is 2.87. The minimum absolute atomic E-state index is 0.0557. The first-order valence-corrected chi connectivity index (χ1v) is 8.69. The van der Waals surface area contributed by atoms with E-state index < -0.39 is 0 Å². The van der Waals surface area contributed by atoms with Gasteiger partial charge in [0.1, 0.15) is 0 Å². The lowest BCUT2D eigenvalue weighted by molar-refractivity contribution is 0.256. The summed E-state index contributed by atoms with van der Waals surface area (Å²) < 4.78 is 27.5. The Labute approximate surface area is 166 Å². The van der Waals surface area contributed by atoms with E-state index in [1.54, 1.807) is 39.7 Å². The van der Waals surface area contributed by atoms with E-state index in [0.717, 1.165) is 10.8 Å². The van der Waals surface area contributed by atoms with E-state index in [4.69, 9.17) is 23.4 Å². The fourth-order valence-electron chi connectivity index (χ4n) is 2.87. The first kappa shape index (κ1) is 18.5. The van der Waals surface area contributed by atoms with Gasteiger partial charge in [-0.05, 0) is 18.2 Å². The molecule has 0 saturated carbocycles. The van der Waals surface area contributed by atoms with Crippen LogP contribution in [-0.2, 0) is 6.61 Å². The molecule has 9 nitrogen and oxygen atoms in total. The van der Waals surface area contributed by atoms with Crippen LogP contribution in [-0.4, -0.2) is 41.7 Å². The molecule has 0 aliphatic rings. The molecule has 0 aliphatic carbocycles. The van der Waals surface area contributed by atoms with Gasteiger partial charge in [0.15, 0.2) is 18.1 Å². The van der Waals surface area contributed by atoms with Crippen LogP contribution in [0.5, 0.6) is 23.1 Å². The number of ether oxygens (including phenoxy) is 4. The summed E-state index contributed by atoms with van der Waals surface area (Å²) in [5.74, 6) is 2.45. The summed E-state index contributed by atoms with van der Waals surface area (Å²) in [4.78, 5) is 0. The van der Waals surface area contributed by atoms with Crippen molar-refractivity contribution in [2.24, 2.45) is 0 Å². The van der Waals surface area contributed by atoms with Gasteiger partial charge in [-0.15, -0.1) is 15.3 Å². The summed E-state index contributed by atoms with van der Waals surface area (Å²) in [5, 5.41) is 17.9. The van der Waals surface area contributed by atoms with E-state index in [1.165, 1.54) is 0 Å². The maximum Gasteiger partial charge on any atom is 0.254 e. The number of hydrogen-bond acceptors (Lipinski definition) is 9. The molecule has 0 aliphatic heterocycles. The number of hydrogen-bond donors (Lipinski definition) is 0. The van der Waals surface area contributed by atoms with E-state index in [2.05, 4.69) is 20.4 Å². The van der Waals surface area contributed by atoms with Crippen LogP contribution in [0.3, 0.4) is 0 Å². The molecule has 2 heterocycles. The van der Waals surface area contributed by atoms with Gasteiger partial charge in [0.05, 0.1) is 27.5 Å². The third kappa shape index (κ3) is 3.62. The highest BCUT2D eigenvalue weighted by Gasteiger charge is 2.18. The summed E-state index contributed by atoms with van der Waals surface area (Å²) in [5.41, 5.74) is 0.628. The SMILES string of the molecule is COc1cc(-c2nnc(COc3nncc4ccccc34)o2)cc(OC)c1OC. The van der Waals surface area contributed by atoms with Crippen molar-refractivity contribution >= 4 is 10.8 Å². The number of benzene rings is 2. The molecule has 0 unspecified atom stereocenters.